The highest BCUT2D eigenvalue weighted by atomic mass is 32.1. The van der Waals surface area contributed by atoms with E-state index in [0.717, 1.165) is 17.0 Å². The predicted octanol–water partition coefficient (Wildman–Crippen LogP) is 4.33. The third-order valence-corrected chi connectivity index (χ3v) is 5.72. The summed E-state index contributed by atoms with van der Waals surface area (Å²) in [5, 5.41) is 7.15. The molecule has 2 aromatic rings. The van der Waals surface area contributed by atoms with Crippen LogP contribution >= 0.6 is 23.6 Å². The van der Waals surface area contributed by atoms with Gasteiger partial charge in [-0.2, -0.15) is 0 Å². The average Bonchev–Trinajstić information content (AvgIpc) is 3.21. The van der Waals surface area contributed by atoms with Crippen molar-refractivity contribution in [1.29, 1.82) is 0 Å². The summed E-state index contributed by atoms with van der Waals surface area (Å²) in [6.45, 7) is 4.08. The molecular weight excluding hydrogens is 396 g/mol. The van der Waals surface area contributed by atoms with E-state index in [9.17, 15) is 9.59 Å². The number of esters is 2. The van der Waals surface area contributed by atoms with Gasteiger partial charge in [0.05, 0.1) is 24.7 Å². The second kappa shape index (κ2) is 9.16. The molecule has 0 spiro atoms. The van der Waals surface area contributed by atoms with Crippen LogP contribution in [0.2, 0.25) is 0 Å². The predicted molar refractivity (Wildman–Crippen MR) is 114 cm³/mol. The second-order valence-electron chi connectivity index (χ2n) is 6.15. The molecule has 148 valence electrons. The smallest absolute Gasteiger partial charge is 0.341 e. The molecule has 0 radical (unpaired) electrons. The fraction of sp³-hybridized carbons (Fsp3) is 0.350. The second-order valence-corrected chi connectivity index (χ2v) is 7.67. The molecule has 8 heteroatoms. The maximum absolute atomic E-state index is 12.7. The Kier molecular flexibility index (Phi) is 6.64. The van der Waals surface area contributed by atoms with Gasteiger partial charge in [-0.1, -0.05) is 18.2 Å². The molecule has 28 heavy (non-hydrogen) atoms. The largest absolute Gasteiger partial charge is 0.466 e. The Hall–Kier alpha value is -2.45. The number of fused-ring (bicyclic) bond motifs is 1. The van der Waals surface area contributed by atoms with Crippen molar-refractivity contribution in [2.24, 2.45) is 0 Å². The zero-order chi connectivity index (χ0) is 20.1. The third kappa shape index (κ3) is 4.34. The average molecular weight is 419 g/mol. The molecule has 0 saturated heterocycles. The lowest BCUT2D eigenvalue weighted by molar-refractivity contribution is -0.144. The Balaban J connectivity index is 1.89. The van der Waals surface area contributed by atoms with Crippen LogP contribution in [0, 0.1) is 0 Å². The van der Waals surface area contributed by atoms with Crippen molar-refractivity contribution in [3.05, 3.63) is 46.3 Å². The molecule has 1 aromatic heterocycles. The van der Waals surface area contributed by atoms with Gasteiger partial charge in [-0.25, -0.2) is 4.79 Å². The van der Waals surface area contributed by atoms with Crippen molar-refractivity contribution < 1.29 is 19.1 Å². The number of benzene rings is 1. The molecule has 6 nitrogen and oxygen atoms in total. The molecule has 0 aliphatic heterocycles. The van der Waals surface area contributed by atoms with Crippen LogP contribution in [0.4, 0.5) is 10.7 Å². The van der Waals surface area contributed by atoms with E-state index in [1.54, 1.807) is 13.8 Å². The third-order valence-electron chi connectivity index (χ3n) is 4.34. The van der Waals surface area contributed by atoms with Crippen molar-refractivity contribution in [2.75, 3.05) is 23.8 Å². The first kappa shape index (κ1) is 20.3. The van der Waals surface area contributed by atoms with Gasteiger partial charge in [0, 0.05) is 10.6 Å². The monoisotopic (exact) mass is 418 g/mol. The topological polar surface area (TPSA) is 76.7 Å². The molecule has 3 rings (SSSR count). The SMILES string of the molecule is CCOC(=O)c1c(NC(=S)Nc2ccccc2)sc2c1[C@H](C(=O)OCC)CC2. The fourth-order valence-electron chi connectivity index (χ4n) is 3.22. The van der Waals surface area contributed by atoms with Crippen LogP contribution in [-0.4, -0.2) is 30.3 Å². The number of rotatable bonds is 6. The summed E-state index contributed by atoms with van der Waals surface area (Å²) in [6, 6.07) is 9.51. The number of anilines is 2. The van der Waals surface area contributed by atoms with E-state index in [-0.39, 0.29) is 12.6 Å². The first-order chi connectivity index (χ1) is 13.5. The molecule has 0 bridgehead atoms. The molecule has 1 aromatic carbocycles. The Labute approximate surface area is 173 Å². The molecule has 0 saturated carbocycles. The number of thiophene rings is 1. The van der Waals surface area contributed by atoms with E-state index in [4.69, 9.17) is 21.7 Å². The number of aryl methyl sites for hydroxylation is 1. The van der Waals surface area contributed by atoms with E-state index in [2.05, 4.69) is 10.6 Å². The molecule has 1 aliphatic rings. The summed E-state index contributed by atoms with van der Waals surface area (Å²) < 4.78 is 10.5. The normalized spacial score (nSPS) is 14.9. The van der Waals surface area contributed by atoms with Crippen LogP contribution in [0.1, 0.15) is 47.0 Å². The molecule has 0 unspecified atom stereocenters. The van der Waals surface area contributed by atoms with Crippen LogP contribution in [0.15, 0.2) is 30.3 Å². The van der Waals surface area contributed by atoms with Crippen LogP contribution < -0.4 is 10.6 Å². The quantitative estimate of drug-likeness (QED) is 0.534. The van der Waals surface area contributed by atoms with E-state index >= 15 is 0 Å². The van der Waals surface area contributed by atoms with E-state index in [1.165, 1.54) is 11.3 Å². The highest BCUT2D eigenvalue weighted by Crippen LogP contribution is 2.46. The van der Waals surface area contributed by atoms with Gasteiger partial charge in [0.2, 0.25) is 0 Å². The molecule has 0 fully saturated rings. The van der Waals surface area contributed by atoms with Crippen molar-refractivity contribution in [1.82, 2.24) is 0 Å². The van der Waals surface area contributed by atoms with Crippen LogP contribution in [0.25, 0.3) is 0 Å². The summed E-state index contributed by atoms with van der Waals surface area (Å²) in [5.41, 5.74) is 1.94. The maximum atomic E-state index is 12.7. The van der Waals surface area contributed by atoms with Crippen molar-refractivity contribution >= 4 is 51.3 Å². The van der Waals surface area contributed by atoms with Gasteiger partial charge in [-0.15, -0.1) is 11.3 Å². The standard InChI is InChI=1S/C20H22N2O4S2/c1-3-25-18(23)13-10-11-14-15(13)16(19(24)26-4-2)17(28-14)22-20(27)21-12-8-6-5-7-9-12/h5-9,13H,3-4,10-11H2,1-2H3,(H2,21,22,27)/t13-/m1/s1. The van der Waals surface area contributed by atoms with E-state index < -0.39 is 11.9 Å². The molecular formula is C20H22N2O4S2. The number of hydrogen-bond acceptors (Lipinski definition) is 6. The first-order valence-corrected chi connectivity index (χ1v) is 10.4. The zero-order valence-electron chi connectivity index (χ0n) is 15.7. The minimum atomic E-state index is -0.457. The summed E-state index contributed by atoms with van der Waals surface area (Å²) >= 11 is 6.83. The van der Waals surface area contributed by atoms with Crippen LogP contribution in [0.5, 0.6) is 0 Å². The summed E-state index contributed by atoms with van der Waals surface area (Å²) in [5.74, 6) is -1.21. The summed E-state index contributed by atoms with van der Waals surface area (Å²) in [7, 11) is 0. The zero-order valence-corrected chi connectivity index (χ0v) is 17.4. The number of para-hydroxylation sites is 1. The number of hydrogen-bond donors (Lipinski definition) is 2. The van der Waals surface area contributed by atoms with E-state index in [1.807, 2.05) is 30.3 Å². The Morgan fingerprint density at radius 2 is 1.86 bits per heavy atom. The number of ether oxygens (including phenoxy) is 2. The molecule has 1 atom stereocenters. The number of thiocarbonyl (C=S) groups is 1. The van der Waals surface area contributed by atoms with Crippen molar-refractivity contribution in [3.8, 4) is 0 Å². The molecule has 1 aliphatic carbocycles. The maximum Gasteiger partial charge on any atom is 0.341 e. The Morgan fingerprint density at radius 1 is 1.14 bits per heavy atom. The lowest BCUT2D eigenvalue weighted by Gasteiger charge is -2.14. The van der Waals surface area contributed by atoms with Gasteiger partial charge in [0.1, 0.15) is 5.00 Å². The number of nitrogens with one attached hydrogen (secondary N) is 2. The highest BCUT2D eigenvalue weighted by Gasteiger charge is 2.38. The van der Waals surface area contributed by atoms with Gasteiger partial charge >= 0.3 is 11.9 Å². The molecule has 1 heterocycles. The fourth-order valence-corrected chi connectivity index (χ4v) is 4.78. The van der Waals surface area contributed by atoms with Gasteiger partial charge in [0.15, 0.2) is 5.11 Å². The summed E-state index contributed by atoms with van der Waals surface area (Å²) in [6.07, 6.45) is 1.36. The Morgan fingerprint density at radius 3 is 2.54 bits per heavy atom. The minimum absolute atomic E-state index is 0.250. The number of carbonyl (C=O) groups excluding carboxylic acids is 2. The van der Waals surface area contributed by atoms with Gasteiger partial charge < -0.3 is 20.1 Å². The first-order valence-electron chi connectivity index (χ1n) is 9.17. The highest BCUT2D eigenvalue weighted by molar-refractivity contribution is 7.80. The lowest BCUT2D eigenvalue weighted by atomic mass is 9.99. The van der Waals surface area contributed by atoms with Crippen molar-refractivity contribution in [2.45, 2.75) is 32.6 Å². The minimum Gasteiger partial charge on any atom is -0.466 e. The van der Waals surface area contributed by atoms with Gasteiger partial charge in [0.25, 0.3) is 0 Å². The number of carbonyl (C=O) groups is 2. The van der Waals surface area contributed by atoms with Gasteiger partial charge in [-0.3, -0.25) is 4.79 Å². The molecule has 2 N–H and O–H groups in total. The van der Waals surface area contributed by atoms with Gasteiger partial charge in [-0.05, 0) is 56.6 Å². The van der Waals surface area contributed by atoms with E-state index in [0.29, 0.717) is 34.3 Å². The Bertz CT molecular complexity index is 880. The molecule has 0 amide bonds. The summed E-state index contributed by atoms with van der Waals surface area (Å²) in [4.78, 5) is 26.1. The van der Waals surface area contributed by atoms with Crippen LogP contribution in [-0.2, 0) is 20.7 Å². The lowest BCUT2D eigenvalue weighted by Crippen LogP contribution is -2.21. The van der Waals surface area contributed by atoms with Crippen molar-refractivity contribution in [3.63, 3.8) is 0 Å². The van der Waals surface area contributed by atoms with Crippen LogP contribution in [0.3, 0.4) is 0 Å².